The van der Waals surface area contributed by atoms with Crippen molar-refractivity contribution in [3.63, 3.8) is 0 Å². The van der Waals surface area contributed by atoms with E-state index >= 15 is 0 Å². The fourth-order valence-electron chi connectivity index (χ4n) is 3.33. The average molecular weight is 432 g/mol. The van der Waals surface area contributed by atoms with Gasteiger partial charge in [0.05, 0.1) is 10.4 Å². The molecule has 1 aromatic carbocycles. The summed E-state index contributed by atoms with van der Waals surface area (Å²) in [5.41, 5.74) is 3.11. The van der Waals surface area contributed by atoms with Crippen LogP contribution in [-0.2, 0) is 27.3 Å². The van der Waals surface area contributed by atoms with Gasteiger partial charge in [0.1, 0.15) is 10.9 Å². The molecule has 0 atom stereocenters. The van der Waals surface area contributed by atoms with Crippen LogP contribution in [0.4, 0.5) is 0 Å². The highest BCUT2D eigenvalue weighted by atomic mass is 32.2. The number of para-hydroxylation sites is 1. The van der Waals surface area contributed by atoms with Gasteiger partial charge in [-0.1, -0.05) is 49.1 Å². The highest BCUT2D eigenvalue weighted by Crippen LogP contribution is 2.34. The highest BCUT2D eigenvalue weighted by molar-refractivity contribution is 8.26. The van der Waals surface area contributed by atoms with Gasteiger partial charge in [0.15, 0.2) is 0 Å². The van der Waals surface area contributed by atoms with Crippen LogP contribution in [0.5, 0.6) is 0 Å². The molecule has 0 radical (unpaired) electrons. The van der Waals surface area contributed by atoms with Gasteiger partial charge in [-0.15, -0.1) is 0 Å². The standard InChI is InChI=1S/C21H25N3O3S2/c1-4-14-7-5-8-16-15(11-17-20(26)23(2)21(28)29-17)12-24(19(14)16)13-18(25)22-9-6-10-27-3/h5,7-8,11-12H,4,6,9-10,13H2,1-3H3,(H,22,25)/b17-11-. The molecular weight excluding hydrogens is 406 g/mol. The number of fused-ring (bicyclic) bond motifs is 1. The lowest BCUT2D eigenvalue weighted by atomic mass is 10.1. The van der Waals surface area contributed by atoms with E-state index < -0.39 is 0 Å². The lowest BCUT2D eigenvalue weighted by molar-refractivity contribution is -0.122. The van der Waals surface area contributed by atoms with Crippen molar-refractivity contribution in [3.8, 4) is 0 Å². The zero-order valence-electron chi connectivity index (χ0n) is 16.9. The summed E-state index contributed by atoms with van der Waals surface area (Å²) >= 11 is 6.53. The Morgan fingerprint density at radius 2 is 2.17 bits per heavy atom. The van der Waals surface area contributed by atoms with Gasteiger partial charge in [0, 0.05) is 44.5 Å². The van der Waals surface area contributed by atoms with E-state index in [0.29, 0.717) is 22.4 Å². The maximum absolute atomic E-state index is 12.4. The van der Waals surface area contributed by atoms with Gasteiger partial charge in [-0.2, -0.15) is 0 Å². The van der Waals surface area contributed by atoms with E-state index in [1.807, 2.05) is 29.0 Å². The van der Waals surface area contributed by atoms with Gasteiger partial charge >= 0.3 is 0 Å². The summed E-state index contributed by atoms with van der Waals surface area (Å²) in [5.74, 6) is -0.140. The molecule has 0 bridgehead atoms. The van der Waals surface area contributed by atoms with Crippen LogP contribution < -0.4 is 5.32 Å². The number of benzene rings is 1. The quantitative estimate of drug-likeness (QED) is 0.395. The number of likely N-dealkylation sites (N-methyl/N-ethyl adjacent to an activating group) is 1. The number of nitrogens with zero attached hydrogens (tertiary/aromatic N) is 2. The highest BCUT2D eigenvalue weighted by Gasteiger charge is 2.29. The molecule has 0 unspecified atom stereocenters. The van der Waals surface area contributed by atoms with E-state index in [9.17, 15) is 9.59 Å². The van der Waals surface area contributed by atoms with Crippen LogP contribution in [0.1, 0.15) is 24.5 Å². The van der Waals surface area contributed by atoms with E-state index in [-0.39, 0.29) is 18.4 Å². The third-order valence-corrected chi connectivity index (χ3v) is 6.31. The predicted molar refractivity (Wildman–Crippen MR) is 122 cm³/mol. The second-order valence-corrected chi connectivity index (χ2v) is 8.49. The first-order chi connectivity index (χ1) is 14.0. The number of methoxy groups -OCH3 is 1. The van der Waals surface area contributed by atoms with E-state index in [1.54, 1.807) is 14.2 Å². The fourth-order valence-corrected chi connectivity index (χ4v) is 4.50. The van der Waals surface area contributed by atoms with Crippen LogP contribution in [0, 0.1) is 0 Å². The Hall–Kier alpha value is -2.16. The van der Waals surface area contributed by atoms with Crippen LogP contribution in [0.2, 0.25) is 0 Å². The van der Waals surface area contributed by atoms with Crippen molar-refractivity contribution in [2.45, 2.75) is 26.3 Å². The average Bonchev–Trinajstić information content (AvgIpc) is 3.17. The van der Waals surface area contributed by atoms with Gasteiger partial charge in [-0.05, 0) is 24.5 Å². The summed E-state index contributed by atoms with van der Waals surface area (Å²) in [6, 6.07) is 6.11. The molecule has 3 rings (SSSR count). The zero-order valence-corrected chi connectivity index (χ0v) is 18.5. The Kier molecular flexibility index (Phi) is 7.10. The first kappa shape index (κ1) is 21.5. The van der Waals surface area contributed by atoms with E-state index in [0.717, 1.165) is 34.9 Å². The summed E-state index contributed by atoms with van der Waals surface area (Å²) < 4.78 is 7.54. The number of aryl methyl sites for hydroxylation is 1. The summed E-state index contributed by atoms with van der Waals surface area (Å²) in [6.45, 7) is 3.52. The van der Waals surface area contributed by atoms with Crippen molar-refractivity contribution in [2.24, 2.45) is 0 Å². The van der Waals surface area contributed by atoms with Crippen molar-refractivity contribution in [1.29, 1.82) is 0 Å². The predicted octanol–water partition coefficient (Wildman–Crippen LogP) is 3.19. The molecule has 1 saturated heterocycles. The summed E-state index contributed by atoms with van der Waals surface area (Å²) in [5, 5.41) is 3.96. The largest absolute Gasteiger partial charge is 0.385 e. The molecule has 0 aliphatic carbocycles. The second kappa shape index (κ2) is 9.56. The number of thioether (sulfide) groups is 1. The first-order valence-corrected chi connectivity index (χ1v) is 10.8. The van der Waals surface area contributed by atoms with E-state index in [1.165, 1.54) is 16.7 Å². The van der Waals surface area contributed by atoms with Crippen molar-refractivity contribution in [2.75, 3.05) is 27.3 Å². The third-order valence-electron chi connectivity index (χ3n) is 4.83. The summed E-state index contributed by atoms with van der Waals surface area (Å²) in [4.78, 5) is 26.9. The second-order valence-electron chi connectivity index (χ2n) is 6.82. The van der Waals surface area contributed by atoms with Crippen LogP contribution in [0.3, 0.4) is 0 Å². The Balaban J connectivity index is 1.93. The molecule has 0 spiro atoms. The normalized spacial score (nSPS) is 15.7. The smallest absolute Gasteiger partial charge is 0.265 e. The van der Waals surface area contributed by atoms with Crippen molar-refractivity contribution in [3.05, 3.63) is 40.4 Å². The molecule has 1 aromatic heterocycles. The molecule has 29 heavy (non-hydrogen) atoms. The molecule has 0 saturated carbocycles. The third kappa shape index (κ3) is 4.71. The van der Waals surface area contributed by atoms with Crippen molar-refractivity contribution in [1.82, 2.24) is 14.8 Å². The van der Waals surface area contributed by atoms with Gasteiger partial charge < -0.3 is 14.6 Å². The summed E-state index contributed by atoms with van der Waals surface area (Å²) in [6.07, 6.45) is 5.45. The van der Waals surface area contributed by atoms with Gasteiger partial charge in [-0.3, -0.25) is 14.5 Å². The van der Waals surface area contributed by atoms with Gasteiger partial charge in [-0.25, -0.2) is 0 Å². The molecule has 1 aliphatic rings. The van der Waals surface area contributed by atoms with Crippen molar-refractivity contribution < 1.29 is 14.3 Å². The number of hydrogen-bond acceptors (Lipinski definition) is 5. The molecule has 1 fully saturated rings. The Bertz CT molecular complexity index is 981. The topological polar surface area (TPSA) is 63.6 Å². The maximum Gasteiger partial charge on any atom is 0.265 e. The summed E-state index contributed by atoms with van der Waals surface area (Å²) in [7, 11) is 3.33. The van der Waals surface area contributed by atoms with Gasteiger partial charge in [0.25, 0.3) is 5.91 Å². The zero-order chi connectivity index (χ0) is 21.0. The SMILES string of the molecule is CCc1cccc2c(/C=C3\SC(=S)N(C)C3=O)cn(CC(=O)NCCCOC)c12. The number of rotatable bonds is 8. The molecule has 2 heterocycles. The number of carbonyl (C=O) groups excluding carboxylic acids is 2. The van der Waals surface area contributed by atoms with E-state index in [2.05, 4.69) is 18.3 Å². The molecule has 154 valence electrons. The van der Waals surface area contributed by atoms with Gasteiger partial charge in [0.2, 0.25) is 5.91 Å². The van der Waals surface area contributed by atoms with Crippen LogP contribution in [-0.4, -0.2) is 52.9 Å². The molecule has 1 N–H and O–H groups in total. The van der Waals surface area contributed by atoms with Crippen molar-refractivity contribution >= 4 is 57.1 Å². The number of thiocarbonyl (C=S) groups is 1. The fraction of sp³-hybridized carbons (Fsp3) is 0.381. The first-order valence-electron chi connectivity index (χ1n) is 9.54. The number of ether oxygens (including phenoxy) is 1. The minimum absolute atomic E-state index is 0.0460. The van der Waals surface area contributed by atoms with Crippen LogP contribution in [0.15, 0.2) is 29.3 Å². The lowest BCUT2D eigenvalue weighted by Gasteiger charge is -2.09. The van der Waals surface area contributed by atoms with Crippen LogP contribution in [0.25, 0.3) is 17.0 Å². The number of aromatic nitrogens is 1. The van der Waals surface area contributed by atoms with E-state index in [4.69, 9.17) is 17.0 Å². The molecule has 6 nitrogen and oxygen atoms in total. The monoisotopic (exact) mass is 431 g/mol. The molecule has 2 aromatic rings. The Morgan fingerprint density at radius 3 is 2.83 bits per heavy atom. The molecular formula is C21H25N3O3S2. The minimum Gasteiger partial charge on any atom is -0.385 e. The lowest BCUT2D eigenvalue weighted by Crippen LogP contribution is -2.28. The number of amides is 2. The molecule has 1 aliphatic heterocycles. The Morgan fingerprint density at radius 1 is 1.38 bits per heavy atom. The number of hydrogen-bond donors (Lipinski definition) is 1. The van der Waals surface area contributed by atoms with Crippen LogP contribution >= 0.6 is 24.0 Å². The molecule has 2 amide bonds. The minimum atomic E-state index is -0.0940. The number of nitrogens with one attached hydrogen (secondary N) is 1. The maximum atomic E-state index is 12.4. The number of carbonyl (C=O) groups is 2. The Labute approximate surface area is 180 Å². The molecule has 8 heteroatoms.